The highest BCUT2D eigenvalue weighted by Gasteiger charge is 2.25. The maximum atomic E-state index is 12.7. The second kappa shape index (κ2) is 6.22. The molecule has 1 fully saturated rings. The number of amides is 2. The van der Waals surface area contributed by atoms with Crippen molar-refractivity contribution in [3.05, 3.63) is 36.0 Å². The lowest BCUT2D eigenvalue weighted by molar-refractivity contribution is -0.130. The van der Waals surface area contributed by atoms with Gasteiger partial charge in [-0.1, -0.05) is 25.1 Å². The van der Waals surface area contributed by atoms with Gasteiger partial charge in [-0.25, -0.2) is 0 Å². The summed E-state index contributed by atoms with van der Waals surface area (Å²) >= 11 is 0. The summed E-state index contributed by atoms with van der Waals surface area (Å²) in [6.45, 7) is 4.37. The summed E-state index contributed by atoms with van der Waals surface area (Å²) in [4.78, 5) is 31.6. The quantitative estimate of drug-likeness (QED) is 0.945. The summed E-state index contributed by atoms with van der Waals surface area (Å²) in [5, 5.41) is 1.01. The highest BCUT2D eigenvalue weighted by atomic mass is 16.2. The second-order valence-corrected chi connectivity index (χ2v) is 5.73. The largest absolute Gasteiger partial charge is 0.351 e. The van der Waals surface area contributed by atoms with E-state index in [0.29, 0.717) is 12.2 Å². The van der Waals surface area contributed by atoms with Gasteiger partial charge in [0.15, 0.2) is 0 Å². The summed E-state index contributed by atoms with van der Waals surface area (Å²) < 4.78 is 0. The molecule has 5 heteroatoms. The van der Waals surface area contributed by atoms with Crippen molar-refractivity contribution in [1.82, 2.24) is 14.8 Å². The van der Waals surface area contributed by atoms with Gasteiger partial charge in [-0.15, -0.1) is 0 Å². The van der Waals surface area contributed by atoms with E-state index in [1.54, 1.807) is 4.90 Å². The Balaban J connectivity index is 1.78. The molecule has 0 unspecified atom stereocenters. The van der Waals surface area contributed by atoms with E-state index >= 15 is 0 Å². The number of nitrogens with zero attached hydrogens (tertiary/aromatic N) is 2. The van der Waals surface area contributed by atoms with Crippen molar-refractivity contribution < 1.29 is 9.59 Å². The molecule has 0 radical (unpaired) electrons. The molecule has 0 spiro atoms. The highest BCUT2D eigenvalue weighted by Crippen LogP contribution is 2.17. The number of para-hydroxylation sites is 1. The van der Waals surface area contributed by atoms with Gasteiger partial charge in [0.2, 0.25) is 5.91 Å². The number of fused-ring (bicyclic) bond motifs is 1. The van der Waals surface area contributed by atoms with Gasteiger partial charge in [0.1, 0.15) is 12.2 Å². The number of carbonyl (C=O) groups excluding carboxylic acids is 2. The Labute approximate surface area is 129 Å². The van der Waals surface area contributed by atoms with Gasteiger partial charge in [0, 0.05) is 30.5 Å². The van der Waals surface area contributed by atoms with Crippen LogP contribution in [0.2, 0.25) is 0 Å². The van der Waals surface area contributed by atoms with Crippen molar-refractivity contribution in [2.45, 2.75) is 19.8 Å². The Morgan fingerprint density at radius 3 is 2.86 bits per heavy atom. The molecule has 2 aromatic rings. The molecule has 1 saturated heterocycles. The zero-order chi connectivity index (χ0) is 15.5. The van der Waals surface area contributed by atoms with Crippen LogP contribution in [0.25, 0.3) is 10.9 Å². The van der Waals surface area contributed by atoms with Crippen LogP contribution in [0.4, 0.5) is 0 Å². The summed E-state index contributed by atoms with van der Waals surface area (Å²) in [6, 6.07) is 9.66. The molecule has 116 valence electrons. The standard InChI is InChI=1S/C17H21N3O2/c1-2-8-19-9-5-10-20(12-16(19)21)17(22)15-11-13-6-3-4-7-14(13)18-15/h3-4,6-7,11,18H,2,5,8-10,12H2,1H3. The average molecular weight is 299 g/mol. The molecule has 22 heavy (non-hydrogen) atoms. The third-order valence-electron chi connectivity index (χ3n) is 4.08. The van der Waals surface area contributed by atoms with Crippen LogP contribution in [0, 0.1) is 0 Å². The van der Waals surface area contributed by atoms with Gasteiger partial charge < -0.3 is 14.8 Å². The molecule has 1 aromatic carbocycles. The number of aromatic amines is 1. The normalized spacial score (nSPS) is 16.1. The predicted octanol–water partition coefficient (Wildman–Crippen LogP) is 2.25. The van der Waals surface area contributed by atoms with Crippen molar-refractivity contribution >= 4 is 22.7 Å². The fourth-order valence-electron chi connectivity index (χ4n) is 2.96. The predicted molar refractivity (Wildman–Crippen MR) is 85.7 cm³/mol. The van der Waals surface area contributed by atoms with Crippen LogP contribution in [0.15, 0.2) is 30.3 Å². The zero-order valence-corrected chi connectivity index (χ0v) is 12.8. The van der Waals surface area contributed by atoms with Crippen LogP contribution in [-0.4, -0.2) is 52.8 Å². The number of benzene rings is 1. The van der Waals surface area contributed by atoms with E-state index in [1.807, 2.05) is 35.2 Å². The first-order valence-electron chi connectivity index (χ1n) is 7.84. The van der Waals surface area contributed by atoms with Gasteiger partial charge >= 0.3 is 0 Å². The highest BCUT2D eigenvalue weighted by molar-refractivity contribution is 5.99. The lowest BCUT2D eigenvalue weighted by Crippen LogP contribution is -2.39. The molecular weight excluding hydrogens is 278 g/mol. The first kappa shape index (κ1) is 14.6. The molecule has 0 saturated carbocycles. The summed E-state index contributed by atoms with van der Waals surface area (Å²) in [7, 11) is 0. The Morgan fingerprint density at radius 1 is 1.27 bits per heavy atom. The van der Waals surface area contributed by atoms with E-state index < -0.39 is 0 Å². The molecule has 1 N–H and O–H groups in total. The van der Waals surface area contributed by atoms with Crippen molar-refractivity contribution in [2.24, 2.45) is 0 Å². The molecule has 1 aliphatic heterocycles. The van der Waals surface area contributed by atoms with Crippen LogP contribution >= 0.6 is 0 Å². The fraction of sp³-hybridized carbons (Fsp3) is 0.412. The van der Waals surface area contributed by atoms with Crippen molar-refractivity contribution in [1.29, 1.82) is 0 Å². The van der Waals surface area contributed by atoms with E-state index in [1.165, 1.54) is 0 Å². The average Bonchev–Trinajstić information content (AvgIpc) is 2.87. The van der Waals surface area contributed by atoms with E-state index in [0.717, 1.165) is 36.8 Å². The monoisotopic (exact) mass is 299 g/mol. The number of carbonyl (C=O) groups is 2. The van der Waals surface area contributed by atoms with E-state index in [9.17, 15) is 9.59 Å². The summed E-state index contributed by atoms with van der Waals surface area (Å²) in [5.41, 5.74) is 1.50. The number of H-pyrrole nitrogens is 1. The zero-order valence-electron chi connectivity index (χ0n) is 12.8. The Hall–Kier alpha value is -2.30. The molecular formula is C17H21N3O2. The smallest absolute Gasteiger partial charge is 0.270 e. The van der Waals surface area contributed by atoms with E-state index in [-0.39, 0.29) is 18.4 Å². The minimum absolute atomic E-state index is 0.0452. The van der Waals surface area contributed by atoms with Crippen LogP contribution in [0.5, 0.6) is 0 Å². The molecule has 2 amide bonds. The summed E-state index contributed by atoms with van der Waals surface area (Å²) in [6.07, 6.45) is 1.78. The van der Waals surface area contributed by atoms with Crippen molar-refractivity contribution in [3.63, 3.8) is 0 Å². The maximum absolute atomic E-state index is 12.7. The first-order valence-corrected chi connectivity index (χ1v) is 7.84. The number of hydrogen-bond acceptors (Lipinski definition) is 2. The Kier molecular flexibility index (Phi) is 4.13. The number of aromatic nitrogens is 1. The molecule has 1 aliphatic rings. The first-order chi connectivity index (χ1) is 10.7. The maximum Gasteiger partial charge on any atom is 0.270 e. The van der Waals surface area contributed by atoms with Gasteiger partial charge in [0.25, 0.3) is 5.91 Å². The SMILES string of the molecule is CCCN1CCCN(C(=O)c2cc3ccccc3[nH]2)CC1=O. The molecule has 3 rings (SSSR count). The molecule has 1 aromatic heterocycles. The third-order valence-corrected chi connectivity index (χ3v) is 4.08. The summed E-state index contributed by atoms with van der Waals surface area (Å²) in [5.74, 6) is -0.0493. The van der Waals surface area contributed by atoms with Crippen LogP contribution in [-0.2, 0) is 4.79 Å². The third kappa shape index (κ3) is 2.84. The lowest BCUT2D eigenvalue weighted by atomic mass is 10.2. The van der Waals surface area contributed by atoms with E-state index in [4.69, 9.17) is 0 Å². The topological polar surface area (TPSA) is 56.4 Å². The Morgan fingerprint density at radius 2 is 2.09 bits per heavy atom. The van der Waals surface area contributed by atoms with Crippen LogP contribution in [0.1, 0.15) is 30.3 Å². The van der Waals surface area contributed by atoms with Crippen molar-refractivity contribution in [3.8, 4) is 0 Å². The molecule has 0 bridgehead atoms. The minimum Gasteiger partial charge on any atom is -0.351 e. The van der Waals surface area contributed by atoms with Crippen LogP contribution < -0.4 is 0 Å². The number of nitrogens with one attached hydrogen (secondary N) is 1. The molecule has 5 nitrogen and oxygen atoms in total. The number of hydrogen-bond donors (Lipinski definition) is 1. The van der Waals surface area contributed by atoms with Gasteiger partial charge in [0.05, 0.1) is 0 Å². The molecule has 0 atom stereocenters. The Bertz CT molecular complexity index is 659. The van der Waals surface area contributed by atoms with Crippen molar-refractivity contribution in [2.75, 3.05) is 26.2 Å². The molecule has 2 heterocycles. The number of rotatable bonds is 3. The van der Waals surface area contributed by atoms with Gasteiger partial charge in [-0.2, -0.15) is 0 Å². The fourth-order valence-corrected chi connectivity index (χ4v) is 2.96. The minimum atomic E-state index is -0.0945. The lowest BCUT2D eigenvalue weighted by Gasteiger charge is -2.21. The van der Waals surface area contributed by atoms with E-state index in [2.05, 4.69) is 11.9 Å². The van der Waals surface area contributed by atoms with Gasteiger partial charge in [-0.3, -0.25) is 9.59 Å². The molecule has 0 aliphatic carbocycles. The van der Waals surface area contributed by atoms with Crippen LogP contribution in [0.3, 0.4) is 0 Å². The second-order valence-electron chi connectivity index (χ2n) is 5.73. The van der Waals surface area contributed by atoms with Gasteiger partial charge in [-0.05, 0) is 25.0 Å².